The summed E-state index contributed by atoms with van der Waals surface area (Å²) in [5, 5.41) is 2.92. The monoisotopic (exact) mass is 297 g/mol. The first-order valence-corrected chi connectivity index (χ1v) is 7.55. The van der Waals surface area contributed by atoms with Crippen molar-refractivity contribution in [1.82, 2.24) is 0 Å². The molecule has 0 radical (unpaired) electrons. The summed E-state index contributed by atoms with van der Waals surface area (Å²) in [5.41, 5.74) is 1.99. The van der Waals surface area contributed by atoms with Crippen molar-refractivity contribution in [3.63, 3.8) is 0 Å². The van der Waals surface area contributed by atoms with Crippen LogP contribution in [0.25, 0.3) is 0 Å². The van der Waals surface area contributed by atoms with Gasteiger partial charge < -0.3 is 14.8 Å². The molecule has 0 aliphatic carbocycles. The summed E-state index contributed by atoms with van der Waals surface area (Å²) in [6, 6.07) is 15.4. The molecule has 2 aromatic rings. The molecule has 2 aromatic carbocycles. The summed E-state index contributed by atoms with van der Waals surface area (Å²) in [7, 11) is 0. The lowest BCUT2D eigenvalue weighted by atomic mass is 10.1. The molecule has 1 N–H and O–H groups in total. The number of fused-ring (bicyclic) bond motifs is 1. The fourth-order valence-electron chi connectivity index (χ4n) is 2.43. The quantitative estimate of drug-likeness (QED) is 0.831. The predicted molar refractivity (Wildman–Crippen MR) is 85.4 cm³/mol. The molecule has 0 saturated heterocycles. The minimum Gasteiger partial charge on any atom is -0.494 e. The van der Waals surface area contributed by atoms with Crippen molar-refractivity contribution < 1.29 is 14.3 Å². The van der Waals surface area contributed by atoms with Gasteiger partial charge in [-0.25, -0.2) is 0 Å². The molecule has 114 valence electrons. The zero-order chi connectivity index (χ0) is 15.2. The van der Waals surface area contributed by atoms with Crippen LogP contribution >= 0.6 is 0 Å². The lowest BCUT2D eigenvalue weighted by Gasteiger charge is -2.08. The molecule has 3 rings (SSSR count). The smallest absolute Gasteiger partial charge is 0.224 e. The first-order chi connectivity index (χ1) is 10.8. The normalized spacial score (nSPS) is 12.4. The van der Waals surface area contributed by atoms with Crippen LogP contribution in [-0.2, 0) is 11.2 Å². The summed E-state index contributed by atoms with van der Waals surface area (Å²) < 4.78 is 11.0. The van der Waals surface area contributed by atoms with Gasteiger partial charge in [0.1, 0.15) is 11.5 Å². The van der Waals surface area contributed by atoms with Crippen LogP contribution in [-0.4, -0.2) is 19.1 Å². The number of carbonyl (C=O) groups excluding carboxylic acids is 1. The number of anilines is 1. The molecular formula is C18H19NO3. The highest BCUT2D eigenvalue weighted by Gasteiger charge is 2.12. The van der Waals surface area contributed by atoms with Crippen LogP contribution in [0, 0.1) is 0 Å². The van der Waals surface area contributed by atoms with Gasteiger partial charge in [-0.1, -0.05) is 18.2 Å². The van der Waals surface area contributed by atoms with E-state index in [0.717, 1.165) is 35.8 Å². The van der Waals surface area contributed by atoms with Gasteiger partial charge in [-0.05, 0) is 42.3 Å². The van der Waals surface area contributed by atoms with Gasteiger partial charge in [-0.15, -0.1) is 0 Å². The number of carbonyl (C=O) groups is 1. The molecule has 0 saturated carbocycles. The molecule has 1 aliphatic heterocycles. The van der Waals surface area contributed by atoms with E-state index in [9.17, 15) is 4.79 Å². The van der Waals surface area contributed by atoms with E-state index in [4.69, 9.17) is 9.47 Å². The van der Waals surface area contributed by atoms with Crippen LogP contribution in [0.5, 0.6) is 11.5 Å². The third kappa shape index (κ3) is 3.79. The Morgan fingerprint density at radius 3 is 2.91 bits per heavy atom. The second-order valence-corrected chi connectivity index (χ2v) is 5.23. The van der Waals surface area contributed by atoms with Crippen molar-refractivity contribution >= 4 is 11.6 Å². The fourth-order valence-corrected chi connectivity index (χ4v) is 2.43. The van der Waals surface area contributed by atoms with E-state index < -0.39 is 0 Å². The molecule has 0 bridgehead atoms. The Balaban J connectivity index is 1.41. The highest BCUT2D eigenvalue weighted by Crippen LogP contribution is 2.27. The third-order valence-corrected chi connectivity index (χ3v) is 3.53. The minimum absolute atomic E-state index is 0.00975. The number of rotatable bonds is 6. The Morgan fingerprint density at radius 1 is 1.18 bits per heavy atom. The van der Waals surface area contributed by atoms with E-state index in [-0.39, 0.29) is 5.91 Å². The van der Waals surface area contributed by atoms with Gasteiger partial charge in [0, 0.05) is 18.5 Å². The van der Waals surface area contributed by atoms with Gasteiger partial charge in [0.15, 0.2) is 0 Å². The fraction of sp³-hybridized carbons (Fsp3) is 0.278. The lowest BCUT2D eigenvalue weighted by molar-refractivity contribution is -0.116. The van der Waals surface area contributed by atoms with Crippen LogP contribution in [0.15, 0.2) is 48.5 Å². The maximum atomic E-state index is 11.9. The van der Waals surface area contributed by atoms with Crippen molar-refractivity contribution in [1.29, 1.82) is 0 Å². The molecule has 22 heavy (non-hydrogen) atoms. The van der Waals surface area contributed by atoms with E-state index >= 15 is 0 Å². The Hall–Kier alpha value is -2.49. The summed E-state index contributed by atoms with van der Waals surface area (Å²) in [5.74, 6) is 1.77. The maximum absolute atomic E-state index is 11.9. The lowest BCUT2D eigenvalue weighted by Crippen LogP contribution is -2.12. The molecule has 1 aliphatic rings. The minimum atomic E-state index is 0.00975. The second-order valence-electron chi connectivity index (χ2n) is 5.23. The molecular weight excluding hydrogens is 278 g/mol. The zero-order valence-electron chi connectivity index (χ0n) is 12.4. The predicted octanol–water partition coefficient (Wildman–Crippen LogP) is 3.42. The van der Waals surface area contributed by atoms with Crippen LogP contribution < -0.4 is 14.8 Å². The SMILES string of the molecule is O=C(CCCOc1ccccc1)Nc1ccc2c(c1)CCO2. The molecule has 0 spiro atoms. The number of hydrogen-bond acceptors (Lipinski definition) is 3. The Labute approximate surface area is 130 Å². The summed E-state index contributed by atoms with van der Waals surface area (Å²) in [6.07, 6.45) is 2.04. The van der Waals surface area contributed by atoms with E-state index in [2.05, 4.69) is 5.32 Å². The van der Waals surface area contributed by atoms with Crippen molar-refractivity contribution in [2.24, 2.45) is 0 Å². The number of hydrogen-bond donors (Lipinski definition) is 1. The van der Waals surface area contributed by atoms with Gasteiger partial charge in [0.2, 0.25) is 5.91 Å². The zero-order valence-corrected chi connectivity index (χ0v) is 12.4. The number of amides is 1. The van der Waals surface area contributed by atoms with E-state index in [0.29, 0.717) is 19.4 Å². The maximum Gasteiger partial charge on any atom is 0.224 e. The molecule has 4 nitrogen and oxygen atoms in total. The van der Waals surface area contributed by atoms with E-state index in [1.54, 1.807) is 0 Å². The van der Waals surface area contributed by atoms with Gasteiger partial charge in [-0.2, -0.15) is 0 Å². The summed E-state index contributed by atoms with van der Waals surface area (Å²) in [4.78, 5) is 11.9. The van der Waals surface area contributed by atoms with Crippen molar-refractivity contribution in [3.05, 3.63) is 54.1 Å². The molecule has 1 heterocycles. The number of ether oxygens (including phenoxy) is 2. The Morgan fingerprint density at radius 2 is 2.05 bits per heavy atom. The van der Waals surface area contributed by atoms with Gasteiger partial charge >= 0.3 is 0 Å². The van der Waals surface area contributed by atoms with E-state index in [1.807, 2.05) is 48.5 Å². The number of nitrogens with one attached hydrogen (secondary N) is 1. The van der Waals surface area contributed by atoms with Crippen molar-refractivity contribution in [3.8, 4) is 11.5 Å². The highest BCUT2D eigenvalue weighted by atomic mass is 16.5. The largest absolute Gasteiger partial charge is 0.494 e. The van der Waals surface area contributed by atoms with Crippen molar-refractivity contribution in [2.75, 3.05) is 18.5 Å². The molecule has 0 unspecified atom stereocenters. The molecule has 0 atom stereocenters. The number of benzene rings is 2. The van der Waals surface area contributed by atoms with E-state index in [1.165, 1.54) is 0 Å². The standard InChI is InChI=1S/C18H19NO3/c20-18(7-4-11-21-16-5-2-1-3-6-16)19-15-8-9-17-14(13-15)10-12-22-17/h1-3,5-6,8-9,13H,4,7,10-12H2,(H,19,20). The Kier molecular flexibility index (Phi) is 4.59. The molecule has 1 amide bonds. The third-order valence-electron chi connectivity index (χ3n) is 3.53. The van der Waals surface area contributed by atoms with Crippen LogP contribution in [0.3, 0.4) is 0 Å². The highest BCUT2D eigenvalue weighted by molar-refractivity contribution is 5.90. The topological polar surface area (TPSA) is 47.6 Å². The Bertz CT molecular complexity index is 640. The van der Waals surface area contributed by atoms with Crippen molar-refractivity contribution in [2.45, 2.75) is 19.3 Å². The van der Waals surface area contributed by atoms with Crippen LogP contribution in [0.2, 0.25) is 0 Å². The van der Waals surface area contributed by atoms with Crippen LogP contribution in [0.4, 0.5) is 5.69 Å². The number of para-hydroxylation sites is 1. The first-order valence-electron chi connectivity index (χ1n) is 7.55. The van der Waals surface area contributed by atoms with Gasteiger partial charge in [-0.3, -0.25) is 4.79 Å². The average molecular weight is 297 g/mol. The van der Waals surface area contributed by atoms with Crippen LogP contribution in [0.1, 0.15) is 18.4 Å². The molecule has 0 aromatic heterocycles. The second kappa shape index (κ2) is 6.98. The summed E-state index contributed by atoms with van der Waals surface area (Å²) >= 11 is 0. The summed E-state index contributed by atoms with van der Waals surface area (Å²) in [6.45, 7) is 1.26. The average Bonchev–Trinajstić information content (AvgIpc) is 3.00. The van der Waals surface area contributed by atoms with Gasteiger partial charge in [0.25, 0.3) is 0 Å². The molecule has 0 fully saturated rings. The first kappa shape index (κ1) is 14.4. The molecule has 4 heteroatoms. The van der Waals surface area contributed by atoms with Gasteiger partial charge in [0.05, 0.1) is 13.2 Å².